The minimum Gasteiger partial charge on any atom is -0.208 e. The topological polar surface area (TPSA) is 38.7 Å². The van der Waals surface area contributed by atoms with Crippen molar-refractivity contribution in [1.29, 1.82) is 0 Å². The normalized spacial score (nSPS) is 15.0. The van der Waals surface area contributed by atoms with E-state index in [1.165, 1.54) is 0 Å². The van der Waals surface area contributed by atoms with Crippen molar-refractivity contribution >= 4 is 21.5 Å². The molecule has 8 rings (SSSR count). The summed E-state index contributed by atoms with van der Waals surface area (Å²) in [6.45, 7) is 0. The summed E-state index contributed by atoms with van der Waals surface area (Å²) in [6.07, 6.45) is 0. The molecule has 0 aliphatic carbocycles. The van der Waals surface area contributed by atoms with E-state index in [9.17, 15) is 0 Å². The van der Waals surface area contributed by atoms with E-state index in [2.05, 4.69) is 4.98 Å². The van der Waals surface area contributed by atoms with Gasteiger partial charge in [0.1, 0.15) is 0 Å². The molecule has 206 valence electrons. The van der Waals surface area contributed by atoms with Crippen molar-refractivity contribution in [3.8, 4) is 56.4 Å². The van der Waals surface area contributed by atoms with Gasteiger partial charge in [0, 0.05) is 16.7 Å². The van der Waals surface area contributed by atoms with E-state index in [-0.39, 0.29) is 57.5 Å². The van der Waals surface area contributed by atoms with Crippen molar-refractivity contribution in [2.75, 3.05) is 0 Å². The molecule has 0 N–H and O–H groups in total. The molecular formula is C41H27N3. The Bertz CT molecular complexity index is 2930. The molecule has 0 radical (unpaired) electrons. The Labute approximate surface area is 273 Å². The second-order valence-electron chi connectivity index (χ2n) is 9.99. The maximum atomic E-state index is 8.96. The van der Waals surface area contributed by atoms with Crippen LogP contribution in [-0.2, 0) is 0 Å². The molecule has 3 heteroatoms. The molecule has 8 aromatic rings. The van der Waals surface area contributed by atoms with Crippen LogP contribution in [-0.4, -0.2) is 15.0 Å². The summed E-state index contributed by atoms with van der Waals surface area (Å²) in [5.74, 6) is 0.397. The fourth-order valence-corrected chi connectivity index (χ4v) is 5.11. The summed E-state index contributed by atoms with van der Waals surface area (Å²) >= 11 is 0. The smallest absolute Gasteiger partial charge is 0.164 e. The Hall–Kier alpha value is -5.93. The van der Waals surface area contributed by atoms with Gasteiger partial charge in [-0.3, -0.25) is 0 Å². The minimum atomic E-state index is -0.524. The first-order valence-corrected chi connectivity index (χ1v) is 13.8. The van der Waals surface area contributed by atoms with Crippen LogP contribution in [0.3, 0.4) is 0 Å². The van der Waals surface area contributed by atoms with E-state index in [0.717, 1.165) is 21.9 Å². The van der Waals surface area contributed by atoms with Crippen molar-refractivity contribution in [3.63, 3.8) is 0 Å². The van der Waals surface area contributed by atoms with E-state index < -0.39 is 54.4 Å². The van der Waals surface area contributed by atoms with Gasteiger partial charge >= 0.3 is 0 Å². The minimum absolute atomic E-state index is 0.0747. The third-order valence-corrected chi connectivity index (χ3v) is 7.25. The van der Waals surface area contributed by atoms with Gasteiger partial charge in [-0.15, -0.1) is 0 Å². The highest BCUT2D eigenvalue weighted by atomic mass is 15.0. The van der Waals surface area contributed by atoms with E-state index in [0.29, 0.717) is 16.7 Å². The summed E-state index contributed by atoms with van der Waals surface area (Å²) < 4.78 is 101. The van der Waals surface area contributed by atoms with Crippen LogP contribution in [0.1, 0.15) is 16.4 Å². The average molecular weight is 574 g/mol. The summed E-state index contributed by atoms with van der Waals surface area (Å²) in [5, 5.41) is 1.28. The highest BCUT2D eigenvalue weighted by molar-refractivity contribution is 5.94. The van der Waals surface area contributed by atoms with E-state index in [4.69, 9.17) is 26.4 Å². The average Bonchev–Trinajstić information content (AvgIpc) is 3.22. The second-order valence-corrected chi connectivity index (χ2v) is 9.99. The molecule has 0 bridgehead atoms. The monoisotopic (exact) mass is 573 g/mol. The molecule has 7 aromatic carbocycles. The van der Waals surface area contributed by atoms with Crippen LogP contribution < -0.4 is 0 Å². The molecule has 0 amide bonds. The second kappa shape index (κ2) is 11.0. The summed E-state index contributed by atoms with van der Waals surface area (Å²) in [4.78, 5) is 14.1. The lowest BCUT2D eigenvalue weighted by Gasteiger charge is -2.13. The Morgan fingerprint density at radius 2 is 0.977 bits per heavy atom. The van der Waals surface area contributed by atoms with Crippen LogP contribution in [0.2, 0.25) is 0 Å². The largest absolute Gasteiger partial charge is 0.208 e. The van der Waals surface area contributed by atoms with Crippen LogP contribution >= 0.6 is 0 Å². The standard InChI is InChI=1S/C41H27N3/c1-3-12-29(13-4-1)39-42-40(30-14-5-2-6-15-30)44-41(43-39)38-18-10-9-17-37(38)36-24-23-34-26-33(21-22-35(34)27-36)32-20-19-28-11-7-8-16-31(28)25-32/h1-27H/i1D,3D,4D,7D,8D,11D,12D,13D,16D,19D,20D,25D. The van der Waals surface area contributed by atoms with Crippen molar-refractivity contribution in [2.24, 2.45) is 0 Å². The molecule has 0 aliphatic rings. The zero-order chi connectivity index (χ0) is 39.7. The highest BCUT2D eigenvalue weighted by Gasteiger charge is 2.15. The molecule has 0 saturated carbocycles. The van der Waals surface area contributed by atoms with Gasteiger partial charge in [-0.1, -0.05) is 145 Å². The lowest BCUT2D eigenvalue weighted by molar-refractivity contribution is 1.07. The predicted octanol–water partition coefficient (Wildman–Crippen LogP) is 10.5. The molecule has 1 heterocycles. The predicted molar refractivity (Wildman–Crippen MR) is 182 cm³/mol. The van der Waals surface area contributed by atoms with Crippen molar-refractivity contribution < 1.29 is 16.4 Å². The van der Waals surface area contributed by atoms with Gasteiger partial charge < -0.3 is 0 Å². The van der Waals surface area contributed by atoms with E-state index in [1.807, 2.05) is 78.9 Å². The van der Waals surface area contributed by atoms with Gasteiger partial charge in [-0.05, 0) is 62.0 Å². The van der Waals surface area contributed by atoms with Crippen LogP contribution in [0.4, 0.5) is 0 Å². The maximum absolute atomic E-state index is 8.96. The van der Waals surface area contributed by atoms with Crippen LogP contribution in [0.15, 0.2) is 164 Å². The summed E-state index contributed by atoms with van der Waals surface area (Å²) in [7, 11) is 0. The van der Waals surface area contributed by atoms with E-state index >= 15 is 0 Å². The Balaban J connectivity index is 1.27. The molecule has 0 saturated heterocycles. The van der Waals surface area contributed by atoms with Crippen molar-refractivity contribution in [1.82, 2.24) is 15.0 Å². The lowest BCUT2D eigenvalue weighted by atomic mass is 9.94. The van der Waals surface area contributed by atoms with Gasteiger partial charge in [0.2, 0.25) is 0 Å². The van der Waals surface area contributed by atoms with E-state index in [1.54, 1.807) is 12.1 Å². The Morgan fingerprint density at radius 3 is 1.77 bits per heavy atom. The SMILES string of the molecule is [2H]c1c([2H])c([2H])c(-c2nc(-c3ccccc3)nc(-c3ccccc3-c3ccc4cc(-c5c([2H])c([2H])c6c([2H])c([2H])c([2H])c([2H])c6c5[2H])ccc4c3)n2)c([2H])c1[2H]. The number of hydrogen-bond acceptors (Lipinski definition) is 3. The Kier molecular flexibility index (Phi) is 4.03. The zero-order valence-electron chi connectivity index (χ0n) is 35.0. The number of aromatic nitrogens is 3. The third-order valence-electron chi connectivity index (χ3n) is 7.25. The van der Waals surface area contributed by atoms with Crippen molar-refractivity contribution in [2.45, 2.75) is 0 Å². The van der Waals surface area contributed by atoms with Gasteiger partial charge in [0.25, 0.3) is 0 Å². The molecule has 3 nitrogen and oxygen atoms in total. The molecule has 0 fully saturated rings. The van der Waals surface area contributed by atoms with Gasteiger partial charge in [-0.25, -0.2) is 15.0 Å². The molecule has 44 heavy (non-hydrogen) atoms. The zero-order valence-corrected chi connectivity index (χ0v) is 23.0. The van der Waals surface area contributed by atoms with Crippen LogP contribution in [0.5, 0.6) is 0 Å². The number of nitrogens with zero attached hydrogens (tertiary/aromatic N) is 3. The molecule has 0 unspecified atom stereocenters. The number of hydrogen-bond donors (Lipinski definition) is 0. The summed E-state index contributed by atoms with van der Waals surface area (Å²) in [6, 6.07) is 22.3. The maximum Gasteiger partial charge on any atom is 0.164 e. The molecule has 0 atom stereocenters. The lowest BCUT2D eigenvalue weighted by Crippen LogP contribution is -2.01. The first-order valence-electron chi connectivity index (χ1n) is 19.8. The van der Waals surface area contributed by atoms with Gasteiger partial charge in [0.15, 0.2) is 17.5 Å². The Morgan fingerprint density at radius 1 is 0.364 bits per heavy atom. The van der Waals surface area contributed by atoms with Crippen LogP contribution in [0.25, 0.3) is 78.0 Å². The van der Waals surface area contributed by atoms with Crippen molar-refractivity contribution in [3.05, 3.63) is 164 Å². The molecule has 0 aliphatic heterocycles. The number of fused-ring (bicyclic) bond motifs is 2. The van der Waals surface area contributed by atoms with Gasteiger partial charge in [0.05, 0.1) is 16.4 Å². The third kappa shape index (κ3) is 4.91. The molecule has 1 aromatic heterocycles. The van der Waals surface area contributed by atoms with Gasteiger partial charge in [-0.2, -0.15) is 0 Å². The first kappa shape index (κ1) is 16.1. The highest BCUT2D eigenvalue weighted by Crippen LogP contribution is 2.35. The number of rotatable bonds is 5. The fraction of sp³-hybridized carbons (Fsp3) is 0. The van der Waals surface area contributed by atoms with Crippen LogP contribution in [0, 0.1) is 0 Å². The first-order chi connectivity index (χ1) is 26.8. The molecular weight excluding hydrogens is 534 g/mol. The molecule has 0 spiro atoms. The quantitative estimate of drug-likeness (QED) is 0.206. The summed E-state index contributed by atoms with van der Waals surface area (Å²) in [5.41, 5.74) is 3.14. The fourth-order valence-electron chi connectivity index (χ4n) is 5.11. The number of benzene rings is 7.